The van der Waals surface area contributed by atoms with Gasteiger partial charge in [-0.3, -0.25) is 4.79 Å². The van der Waals surface area contributed by atoms with Crippen molar-refractivity contribution in [3.05, 3.63) is 58.6 Å². The van der Waals surface area contributed by atoms with E-state index in [1.165, 1.54) is 10.3 Å². The van der Waals surface area contributed by atoms with Crippen LogP contribution in [-0.4, -0.2) is 42.0 Å². The number of hydrogen-bond donors (Lipinski definition) is 0. The average Bonchev–Trinajstić information content (AvgIpc) is 3.41. The van der Waals surface area contributed by atoms with E-state index in [-0.39, 0.29) is 5.41 Å². The molecule has 1 aliphatic carbocycles. The Morgan fingerprint density at radius 1 is 1.03 bits per heavy atom. The third kappa shape index (κ3) is 3.48. The van der Waals surface area contributed by atoms with Gasteiger partial charge in [-0.25, -0.2) is 4.98 Å². The van der Waals surface area contributed by atoms with E-state index in [0.29, 0.717) is 5.91 Å². The van der Waals surface area contributed by atoms with Gasteiger partial charge in [-0.15, -0.1) is 0 Å². The highest BCUT2D eigenvalue weighted by molar-refractivity contribution is 7.22. The highest BCUT2D eigenvalue weighted by Crippen LogP contribution is 2.43. The van der Waals surface area contributed by atoms with Crippen LogP contribution in [0.5, 0.6) is 0 Å². The molecular formula is C24H26ClN3OS. The summed E-state index contributed by atoms with van der Waals surface area (Å²) in [5.74, 6) is 0.293. The molecule has 156 valence electrons. The van der Waals surface area contributed by atoms with Crippen LogP contribution in [-0.2, 0) is 10.2 Å². The molecule has 6 heteroatoms. The van der Waals surface area contributed by atoms with Crippen molar-refractivity contribution in [2.75, 3.05) is 31.1 Å². The molecule has 2 heterocycles. The summed E-state index contributed by atoms with van der Waals surface area (Å²) < 4.78 is 1.23. The second kappa shape index (κ2) is 7.86. The lowest BCUT2D eigenvalue weighted by atomic mass is 9.77. The molecule has 1 amide bonds. The number of piperazine rings is 1. The standard InChI is InChI=1S/C24H26ClN3OS/c1-17-4-9-20-21(16-17)30-23(26-20)28-14-12-27(13-15-28)22(29)24(10-2-3-11-24)18-5-7-19(25)8-6-18/h4-9,16H,2-3,10-15H2,1H3. The van der Waals surface area contributed by atoms with Crippen LogP contribution in [0.1, 0.15) is 36.8 Å². The number of hydrogen-bond acceptors (Lipinski definition) is 4. The Hall–Kier alpha value is -2.11. The van der Waals surface area contributed by atoms with Crippen LogP contribution in [0.3, 0.4) is 0 Å². The molecule has 1 saturated heterocycles. The molecular weight excluding hydrogens is 414 g/mol. The van der Waals surface area contributed by atoms with E-state index in [0.717, 1.165) is 73.1 Å². The van der Waals surface area contributed by atoms with E-state index >= 15 is 0 Å². The lowest BCUT2D eigenvalue weighted by Crippen LogP contribution is -2.54. The summed E-state index contributed by atoms with van der Waals surface area (Å²) in [7, 11) is 0. The van der Waals surface area contributed by atoms with Gasteiger partial charge in [-0.1, -0.05) is 54.0 Å². The summed E-state index contributed by atoms with van der Waals surface area (Å²) in [6.45, 7) is 5.29. The van der Waals surface area contributed by atoms with Gasteiger partial charge in [-0.2, -0.15) is 0 Å². The molecule has 2 aromatic carbocycles. The molecule has 1 saturated carbocycles. The van der Waals surface area contributed by atoms with Crippen molar-refractivity contribution in [2.45, 2.75) is 38.0 Å². The number of anilines is 1. The third-order valence-electron chi connectivity index (χ3n) is 6.63. The summed E-state index contributed by atoms with van der Waals surface area (Å²) in [5.41, 5.74) is 3.07. The number of fused-ring (bicyclic) bond motifs is 1. The summed E-state index contributed by atoms with van der Waals surface area (Å²) in [6.07, 6.45) is 4.09. The first-order valence-electron chi connectivity index (χ1n) is 10.7. The number of amides is 1. The Bertz CT molecular complexity index is 1060. The highest BCUT2D eigenvalue weighted by Gasteiger charge is 2.45. The van der Waals surface area contributed by atoms with E-state index in [9.17, 15) is 4.79 Å². The minimum Gasteiger partial charge on any atom is -0.345 e. The van der Waals surface area contributed by atoms with E-state index in [1.54, 1.807) is 11.3 Å². The monoisotopic (exact) mass is 439 g/mol. The van der Waals surface area contributed by atoms with Crippen LogP contribution in [0, 0.1) is 6.92 Å². The first-order chi connectivity index (χ1) is 14.5. The van der Waals surface area contributed by atoms with Crippen LogP contribution in [0.2, 0.25) is 5.02 Å². The number of benzene rings is 2. The molecule has 0 unspecified atom stereocenters. The fourth-order valence-corrected chi connectivity index (χ4v) is 6.17. The molecule has 1 aromatic heterocycles. The number of aryl methyl sites for hydroxylation is 1. The fourth-order valence-electron chi connectivity index (χ4n) is 4.93. The lowest BCUT2D eigenvalue weighted by molar-refractivity contribution is -0.137. The van der Waals surface area contributed by atoms with Crippen LogP contribution >= 0.6 is 22.9 Å². The quantitative estimate of drug-likeness (QED) is 0.546. The van der Waals surface area contributed by atoms with Crippen molar-refractivity contribution in [2.24, 2.45) is 0 Å². The predicted molar refractivity (Wildman–Crippen MR) is 125 cm³/mol. The van der Waals surface area contributed by atoms with Crippen molar-refractivity contribution in [1.82, 2.24) is 9.88 Å². The molecule has 30 heavy (non-hydrogen) atoms. The Labute approximate surface area is 186 Å². The smallest absolute Gasteiger partial charge is 0.233 e. The van der Waals surface area contributed by atoms with Gasteiger partial charge in [0.25, 0.3) is 0 Å². The predicted octanol–water partition coefficient (Wildman–Crippen LogP) is 5.42. The largest absolute Gasteiger partial charge is 0.345 e. The lowest BCUT2D eigenvalue weighted by Gasteiger charge is -2.40. The van der Waals surface area contributed by atoms with E-state index < -0.39 is 0 Å². The minimum atomic E-state index is -0.375. The maximum atomic E-state index is 13.7. The first-order valence-corrected chi connectivity index (χ1v) is 11.9. The molecule has 1 aliphatic heterocycles. The van der Waals surface area contributed by atoms with Crippen LogP contribution in [0.15, 0.2) is 42.5 Å². The summed E-state index contributed by atoms with van der Waals surface area (Å²) >= 11 is 7.85. The van der Waals surface area contributed by atoms with Crippen LogP contribution < -0.4 is 4.90 Å². The molecule has 2 fully saturated rings. The minimum absolute atomic E-state index is 0.293. The molecule has 4 nitrogen and oxygen atoms in total. The average molecular weight is 440 g/mol. The number of carbonyl (C=O) groups is 1. The van der Waals surface area contributed by atoms with Crippen molar-refractivity contribution in [3.8, 4) is 0 Å². The number of carbonyl (C=O) groups excluding carboxylic acids is 1. The number of rotatable bonds is 3. The molecule has 0 bridgehead atoms. The zero-order chi connectivity index (χ0) is 20.7. The van der Waals surface area contributed by atoms with Crippen molar-refractivity contribution in [3.63, 3.8) is 0 Å². The first kappa shape index (κ1) is 19.8. The highest BCUT2D eigenvalue weighted by atomic mass is 35.5. The molecule has 2 aliphatic rings. The van der Waals surface area contributed by atoms with Gasteiger partial charge < -0.3 is 9.80 Å². The van der Waals surface area contributed by atoms with Gasteiger partial charge in [0.1, 0.15) is 0 Å². The summed E-state index contributed by atoms with van der Waals surface area (Å²) in [4.78, 5) is 22.9. The zero-order valence-corrected chi connectivity index (χ0v) is 18.8. The van der Waals surface area contributed by atoms with Gasteiger partial charge in [0.05, 0.1) is 15.6 Å². The number of nitrogens with zero attached hydrogens (tertiary/aromatic N) is 3. The maximum Gasteiger partial charge on any atom is 0.233 e. The van der Waals surface area contributed by atoms with Crippen LogP contribution in [0.25, 0.3) is 10.2 Å². The Kier molecular flexibility index (Phi) is 5.19. The zero-order valence-electron chi connectivity index (χ0n) is 17.2. The van der Waals surface area contributed by atoms with Crippen molar-refractivity contribution in [1.29, 1.82) is 0 Å². The second-order valence-electron chi connectivity index (χ2n) is 8.54. The summed E-state index contributed by atoms with van der Waals surface area (Å²) in [5, 5.41) is 1.79. The molecule has 3 aromatic rings. The van der Waals surface area contributed by atoms with Gasteiger partial charge in [0, 0.05) is 31.2 Å². The number of halogens is 1. The molecule has 0 radical (unpaired) electrons. The van der Waals surface area contributed by atoms with Crippen LogP contribution in [0.4, 0.5) is 5.13 Å². The molecule has 0 atom stereocenters. The SMILES string of the molecule is Cc1ccc2nc(N3CCN(C(=O)C4(c5ccc(Cl)cc5)CCCC4)CC3)sc2c1. The molecule has 0 N–H and O–H groups in total. The fraction of sp³-hybridized carbons (Fsp3) is 0.417. The number of aromatic nitrogens is 1. The number of thiazole rings is 1. The molecule has 5 rings (SSSR count). The van der Waals surface area contributed by atoms with Gasteiger partial charge in [0.2, 0.25) is 5.91 Å². The second-order valence-corrected chi connectivity index (χ2v) is 9.99. The topological polar surface area (TPSA) is 36.4 Å². The van der Waals surface area contributed by atoms with Crippen molar-refractivity contribution < 1.29 is 4.79 Å². The van der Waals surface area contributed by atoms with Gasteiger partial charge in [-0.05, 0) is 55.2 Å². The van der Waals surface area contributed by atoms with E-state index in [1.807, 2.05) is 24.3 Å². The van der Waals surface area contributed by atoms with Gasteiger partial charge >= 0.3 is 0 Å². The Balaban J connectivity index is 1.32. The third-order valence-corrected chi connectivity index (χ3v) is 7.96. The van der Waals surface area contributed by atoms with E-state index in [2.05, 4.69) is 34.9 Å². The summed E-state index contributed by atoms with van der Waals surface area (Å²) in [6, 6.07) is 14.3. The Morgan fingerprint density at radius 3 is 2.43 bits per heavy atom. The van der Waals surface area contributed by atoms with Crippen molar-refractivity contribution >= 4 is 44.2 Å². The van der Waals surface area contributed by atoms with E-state index in [4.69, 9.17) is 16.6 Å². The normalized spacial score (nSPS) is 18.9. The molecule has 0 spiro atoms. The van der Waals surface area contributed by atoms with Gasteiger partial charge in [0.15, 0.2) is 5.13 Å². The Morgan fingerprint density at radius 2 is 1.73 bits per heavy atom. The maximum absolute atomic E-state index is 13.7.